The summed E-state index contributed by atoms with van der Waals surface area (Å²) in [5.41, 5.74) is 0.793. The van der Waals surface area contributed by atoms with E-state index < -0.39 is 17.7 Å². The highest BCUT2D eigenvalue weighted by Gasteiger charge is 2.22. The molecule has 5 nitrogen and oxygen atoms in total. The molecule has 1 aromatic carbocycles. The van der Waals surface area contributed by atoms with Crippen LogP contribution in [0.3, 0.4) is 0 Å². The number of hydrogen-bond acceptors (Lipinski definition) is 3. The number of H-pyrrole nitrogens is 1. The van der Waals surface area contributed by atoms with Crippen molar-refractivity contribution in [1.82, 2.24) is 10.3 Å². The van der Waals surface area contributed by atoms with Gasteiger partial charge >= 0.3 is 6.09 Å². The highest BCUT2D eigenvalue weighted by Crippen LogP contribution is 2.25. The van der Waals surface area contributed by atoms with Crippen molar-refractivity contribution in [1.29, 1.82) is 0 Å². The smallest absolute Gasteiger partial charge is 0.408 e. The number of aromatic nitrogens is 1. The SMILES string of the molecule is CC(C)(C)NC(=O)OC(c1ccccc1)c1cc[nH]c(=O)c1. The van der Waals surface area contributed by atoms with Gasteiger partial charge in [-0.15, -0.1) is 0 Å². The maximum Gasteiger partial charge on any atom is 0.408 e. The molecule has 0 radical (unpaired) electrons. The molecule has 2 rings (SSSR count). The molecular formula is C17H20N2O3. The van der Waals surface area contributed by atoms with Gasteiger partial charge in [0.15, 0.2) is 6.10 Å². The van der Waals surface area contributed by atoms with E-state index in [0.717, 1.165) is 5.56 Å². The van der Waals surface area contributed by atoms with E-state index in [1.165, 1.54) is 6.07 Å². The number of amides is 1. The third-order valence-electron chi connectivity index (χ3n) is 2.91. The molecule has 22 heavy (non-hydrogen) atoms. The molecule has 0 aliphatic carbocycles. The van der Waals surface area contributed by atoms with Gasteiger partial charge in [0.05, 0.1) is 0 Å². The summed E-state index contributed by atoms with van der Waals surface area (Å²) in [6.45, 7) is 5.62. The molecule has 0 bridgehead atoms. The van der Waals surface area contributed by atoms with Crippen LogP contribution in [-0.4, -0.2) is 16.6 Å². The molecule has 2 N–H and O–H groups in total. The molecule has 1 aromatic heterocycles. The molecule has 0 aliphatic rings. The van der Waals surface area contributed by atoms with Crippen molar-refractivity contribution in [2.24, 2.45) is 0 Å². The second-order valence-corrected chi connectivity index (χ2v) is 6.06. The normalized spacial score (nSPS) is 12.5. The van der Waals surface area contributed by atoms with Crippen LogP contribution in [0.15, 0.2) is 53.5 Å². The van der Waals surface area contributed by atoms with Crippen molar-refractivity contribution in [3.63, 3.8) is 0 Å². The Morgan fingerprint density at radius 3 is 2.41 bits per heavy atom. The molecule has 0 saturated carbocycles. The fourth-order valence-corrected chi connectivity index (χ4v) is 2.02. The van der Waals surface area contributed by atoms with Crippen LogP contribution in [0.1, 0.15) is 38.0 Å². The van der Waals surface area contributed by atoms with Gasteiger partial charge in [0.2, 0.25) is 5.56 Å². The molecule has 2 aromatic rings. The first kappa shape index (κ1) is 15.8. The number of aromatic amines is 1. The quantitative estimate of drug-likeness (QED) is 0.915. The Kier molecular flexibility index (Phi) is 4.65. The maximum absolute atomic E-state index is 12.1. The third kappa shape index (κ3) is 4.48. The fourth-order valence-electron chi connectivity index (χ4n) is 2.02. The Labute approximate surface area is 129 Å². The molecule has 0 fully saturated rings. The van der Waals surface area contributed by atoms with Gasteiger partial charge in [0, 0.05) is 23.4 Å². The lowest BCUT2D eigenvalue weighted by Gasteiger charge is -2.24. The summed E-state index contributed by atoms with van der Waals surface area (Å²) >= 11 is 0. The molecule has 1 atom stereocenters. The predicted molar refractivity (Wildman–Crippen MR) is 84.7 cm³/mol. The standard InChI is InChI=1S/C17H20N2O3/c1-17(2,3)19-16(21)22-15(12-7-5-4-6-8-12)13-9-10-18-14(20)11-13/h4-11,15H,1-3H3,(H,18,20)(H,19,21). The Hall–Kier alpha value is -2.56. The molecule has 0 spiro atoms. The van der Waals surface area contributed by atoms with Crippen molar-refractivity contribution in [3.05, 3.63) is 70.1 Å². The number of alkyl carbamates (subject to hydrolysis) is 1. The van der Waals surface area contributed by atoms with Crippen molar-refractivity contribution >= 4 is 6.09 Å². The number of benzene rings is 1. The summed E-state index contributed by atoms with van der Waals surface area (Å²) in [5, 5.41) is 2.76. The van der Waals surface area contributed by atoms with Gasteiger partial charge in [-0.1, -0.05) is 30.3 Å². The number of carbonyl (C=O) groups is 1. The highest BCUT2D eigenvalue weighted by atomic mass is 16.6. The van der Waals surface area contributed by atoms with E-state index in [-0.39, 0.29) is 5.56 Å². The minimum absolute atomic E-state index is 0.238. The number of pyridine rings is 1. The van der Waals surface area contributed by atoms with Gasteiger partial charge < -0.3 is 15.0 Å². The summed E-state index contributed by atoms with van der Waals surface area (Å²) in [4.78, 5) is 26.2. The first-order valence-electron chi connectivity index (χ1n) is 7.07. The van der Waals surface area contributed by atoms with Gasteiger partial charge in [0.25, 0.3) is 0 Å². The molecule has 1 unspecified atom stereocenters. The van der Waals surface area contributed by atoms with Crippen LogP contribution in [0.5, 0.6) is 0 Å². The van der Waals surface area contributed by atoms with E-state index in [2.05, 4.69) is 10.3 Å². The molecule has 1 amide bonds. The van der Waals surface area contributed by atoms with Crippen molar-refractivity contribution in [2.45, 2.75) is 32.4 Å². The van der Waals surface area contributed by atoms with Crippen LogP contribution in [0.4, 0.5) is 4.79 Å². The second kappa shape index (κ2) is 6.47. The van der Waals surface area contributed by atoms with Crippen LogP contribution >= 0.6 is 0 Å². The van der Waals surface area contributed by atoms with Crippen molar-refractivity contribution in [2.75, 3.05) is 0 Å². The zero-order valence-electron chi connectivity index (χ0n) is 12.9. The van der Waals surface area contributed by atoms with Gasteiger partial charge in [-0.2, -0.15) is 0 Å². The highest BCUT2D eigenvalue weighted by molar-refractivity contribution is 5.68. The third-order valence-corrected chi connectivity index (χ3v) is 2.91. The summed E-state index contributed by atoms with van der Waals surface area (Å²) in [6, 6.07) is 12.5. The first-order chi connectivity index (χ1) is 10.3. The summed E-state index contributed by atoms with van der Waals surface area (Å²) < 4.78 is 5.55. The van der Waals surface area contributed by atoms with Gasteiger partial charge in [-0.05, 0) is 32.4 Å². The lowest BCUT2D eigenvalue weighted by Crippen LogP contribution is -2.41. The van der Waals surface area contributed by atoms with E-state index in [9.17, 15) is 9.59 Å². The Morgan fingerprint density at radius 1 is 1.14 bits per heavy atom. The van der Waals surface area contributed by atoms with Crippen LogP contribution in [0, 0.1) is 0 Å². The number of ether oxygens (including phenoxy) is 1. The number of carbonyl (C=O) groups excluding carboxylic acids is 1. The average Bonchev–Trinajstić information content (AvgIpc) is 2.44. The van der Waals surface area contributed by atoms with E-state index in [1.807, 2.05) is 51.1 Å². The minimum Gasteiger partial charge on any atom is -0.436 e. The lowest BCUT2D eigenvalue weighted by atomic mass is 10.0. The lowest BCUT2D eigenvalue weighted by molar-refractivity contribution is 0.109. The van der Waals surface area contributed by atoms with Crippen LogP contribution < -0.4 is 10.9 Å². The van der Waals surface area contributed by atoms with Crippen LogP contribution in [0.2, 0.25) is 0 Å². The van der Waals surface area contributed by atoms with Crippen molar-refractivity contribution < 1.29 is 9.53 Å². The Bertz CT molecular complexity index is 687. The van der Waals surface area contributed by atoms with Crippen LogP contribution in [-0.2, 0) is 4.74 Å². The zero-order valence-corrected chi connectivity index (χ0v) is 12.9. The second-order valence-electron chi connectivity index (χ2n) is 6.06. The van der Waals surface area contributed by atoms with E-state index in [0.29, 0.717) is 5.56 Å². The first-order valence-corrected chi connectivity index (χ1v) is 7.07. The van der Waals surface area contributed by atoms with Crippen molar-refractivity contribution in [3.8, 4) is 0 Å². The average molecular weight is 300 g/mol. The summed E-state index contributed by atoms with van der Waals surface area (Å²) in [5.74, 6) is 0. The summed E-state index contributed by atoms with van der Waals surface area (Å²) in [7, 11) is 0. The largest absolute Gasteiger partial charge is 0.436 e. The molecule has 0 aliphatic heterocycles. The Morgan fingerprint density at radius 2 is 1.82 bits per heavy atom. The maximum atomic E-state index is 12.1. The zero-order chi connectivity index (χ0) is 16.2. The predicted octanol–water partition coefficient (Wildman–Crippen LogP) is 2.99. The van der Waals surface area contributed by atoms with E-state index in [4.69, 9.17) is 4.74 Å². The topological polar surface area (TPSA) is 71.2 Å². The van der Waals surface area contributed by atoms with Crippen LogP contribution in [0.25, 0.3) is 0 Å². The molecule has 116 valence electrons. The van der Waals surface area contributed by atoms with Gasteiger partial charge in [-0.3, -0.25) is 4.79 Å². The summed E-state index contributed by atoms with van der Waals surface area (Å²) in [6.07, 6.45) is 0.381. The molecule has 0 saturated heterocycles. The van der Waals surface area contributed by atoms with E-state index >= 15 is 0 Å². The number of rotatable bonds is 3. The number of nitrogens with one attached hydrogen (secondary N) is 2. The van der Waals surface area contributed by atoms with Gasteiger partial charge in [-0.25, -0.2) is 4.79 Å². The monoisotopic (exact) mass is 300 g/mol. The van der Waals surface area contributed by atoms with E-state index in [1.54, 1.807) is 12.3 Å². The minimum atomic E-state index is -0.633. The molecule has 1 heterocycles. The number of hydrogen-bond donors (Lipinski definition) is 2. The fraction of sp³-hybridized carbons (Fsp3) is 0.294. The Balaban J connectivity index is 2.31. The molecular weight excluding hydrogens is 280 g/mol. The molecule has 5 heteroatoms. The van der Waals surface area contributed by atoms with Gasteiger partial charge in [0.1, 0.15) is 0 Å².